The first-order chi connectivity index (χ1) is 12.6. The van der Waals surface area contributed by atoms with Crippen molar-refractivity contribution in [2.24, 2.45) is 0 Å². The average molecular weight is 410 g/mol. The minimum absolute atomic E-state index is 0.0274. The van der Waals surface area contributed by atoms with Gasteiger partial charge in [0.05, 0.1) is 16.2 Å². The number of hydrogen-bond acceptors (Lipinski definition) is 5. The number of amides is 1. The number of thioether (sulfide) groups is 1. The van der Waals surface area contributed by atoms with Gasteiger partial charge >= 0.3 is 0 Å². The number of likely N-dealkylation sites (tertiary alicyclic amines) is 1. The van der Waals surface area contributed by atoms with E-state index in [1.54, 1.807) is 5.51 Å². The number of benzene rings is 1. The molecule has 3 rings (SSSR count). The Bertz CT molecular complexity index is 729. The van der Waals surface area contributed by atoms with Gasteiger partial charge < -0.3 is 10.2 Å². The fraction of sp³-hybridized carbons (Fsp3) is 0.474. The van der Waals surface area contributed by atoms with Gasteiger partial charge in [0.2, 0.25) is 0 Å². The molecule has 1 aromatic heterocycles. The highest BCUT2D eigenvalue weighted by atomic mass is 35.5. The van der Waals surface area contributed by atoms with E-state index in [0.29, 0.717) is 0 Å². The highest BCUT2D eigenvalue weighted by Gasteiger charge is 2.22. The van der Waals surface area contributed by atoms with Gasteiger partial charge in [0.1, 0.15) is 4.88 Å². The van der Waals surface area contributed by atoms with Gasteiger partial charge in [-0.05, 0) is 50.6 Å². The van der Waals surface area contributed by atoms with E-state index >= 15 is 0 Å². The molecule has 1 aromatic carbocycles. The van der Waals surface area contributed by atoms with Crippen LogP contribution in [0.2, 0.25) is 5.02 Å². The normalized spacial score (nSPS) is 15.9. The Morgan fingerprint density at radius 3 is 2.85 bits per heavy atom. The summed E-state index contributed by atoms with van der Waals surface area (Å²) in [6, 6.07) is 8.28. The van der Waals surface area contributed by atoms with Crippen molar-refractivity contribution in [3.8, 4) is 0 Å². The van der Waals surface area contributed by atoms with Gasteiger partial charge in [0.15, 0.2) is 0 Å². The van der Waals surface area contributed by atoms with Gasteiger partial charge in [0, 0.05) is 24.0 Å². The second kappa shape index (κ2) is 9.74. The maximum Gasteiger partial charge on any atom is 0.263 e. The molecule has 2 heterocycles. The van der Waals surface area contributed by atoms with Crippen molar-refractivity contribution in [1.29, 1.82) is 0 Å². The van der Waals surface area contributed by atoms with Crippen molar-refractivity contribution >= 4 is 40.6 Å². The highest BCUT2D eigenvalue weighted by molar-refractivity contribution is 7.99. The molecule has 2 aromatic rings. The van der Waals surface area contributed by atoms with E-state index in [1.807, 2.05) is 36.9 Å². The molecular weight excluding hydrogens is 386 g/mol. The van der Waals surface area contributed by atoms with E-state index < -0.39 is 0 Å². The van der Waals surface area contributed by atoms with Crippen LogP contribution in [0.3, 0.4) is 0 Å². The summed E-state index contributed by atoms with van der Waals surface area (Å²) >= 11 is 9.43. The molecule has 140 valence electrons. The number of thiazole rings is 1. The summed E-state index contributed by atoms with van der Waals surface area (Å²) < 4.78 is 0. The molecule has 0 radical (unpaired) electrons. The molecule has 1 amide bonds. The summed E-state index contributed by atoms with van der Waals surface area (Å²) in [6.07, 6.45) is 3.18. The number of aryl methyl sites for hydroxylation is 1. The van der Waals surface area contributed by atoms with Gasteiger partial charge in [0.25, 0.3) is 5.91 Å². The predicted octanol–water partition coefficient (Wildman–Crippen LogP) is 4.48. The minimum atomic E-state index is 0.0274. The molecular formula is C19H24ClN3OS2. The van der Waals surface area contributed by atoms with E-state index in [1.165, 1.54) is 11.3 Å². The quantitative estimate of drug-likeness (QED) is 0.540. The monoisotopic (exact) mass is 409 g/mol. The smallest absolute Gasteiger partial charge is 0.263 e. The number of carbonyl (C=O) groups is 1. The third-order valence-electron chi connectivity index (χ3n) is 4.59. The summed E-state index contributed by atoms with van der Waals surface area (Å²) in [6.45, 7) is 5.08. The van der Waals surface area contributed by atoms with Crippen LogP contribution in [0.5, 0.6) is 0 Å². The van der Waals surface area contributed by atoms with Crippen molar-refractivity contribution in [3.05, 3.63) is 45.4 Å². The standard InChI is InChI=1S/C19H24ClN3OS2/c1-14-18(26-13-21-14)19(24)22-15-7-10-23(11-8-15)9-4-12-25-17-6-3-2-5-16(17)20/h2-3,5-6,13,15H,4,7-12H2,1H3,(H,22,24). The topological polar surface area (TPSA) is 45.2 Å². The van der Waals surface area contributed by atoms with Crippen LogP contribution in [0.4, 0.5) is 0 Å². The van der Waals surface area contributed by atoms with Crippen molar-refractivity contribution in [2.45, 2.75) is 37.1 Å². The molecule has 1 N–H and O–H groups in total. The zero-order valence-corrected chi connectivity index (χ0v) is 17.3. The third kappa shape index (κ3) is 5.46. The molecule has 0 aliphatic carbocycles. The summed E-state index contributed by atoms with van der Waals surface area (Å²) in [5, 5.41) is 4.00. The lowest BCUT2D eigenvalue weighted by atomic mass is 10.0. The first kappa shape index (κ1) is 19.7. The average Bonchev–Trinajstić information content (AvgIpc) is 3.07. The van der Waals surface area contributed by atoms with E-state index in [0.717, 1.165) is 65.1 Å². The van der Waals surface area contributed by atoms with Crippen LogP contribution < -0.4 is 5.32 Å². The second-order valence-corrected chi connectivity index (χ2v) is 8.89. The molecule has 7 heteroatoms. The molecule has 1 saturated heterocycles. The Hall–Kier alpha value is -1.08. The predicted molar refractivity (Wildman–Crippen MR) is 111 cm³/mol. The number of nitrogens with one attached hydrogen (secondary N) is 1. The van der Waals surface area contributed by atoms with E-state index in [9.17, 15) is 4.79 Å². The van der Waals surface area contributed by atoms with Crippen LogP contribution in [-0.2, 0) is 0 Å². The SMILES string of the molecule is Cc1ncsc1C(=O)NC1CCN(CCCSc2ccccc2Cl)CC1. The Labute approximate surface area is 168 Å². The van der Waals surface area contributed by atoms with Crippen molar-refractivity contribution < 1.29 is 4.79 Å². The van der Waals surface area contributed by atoms with E-state index in [-0.39, 0.29) is 11.9 Å². The fourth-order valence-electron chi connectivity index (χ4n) is 3.10. The van der Waals surface area contributed by atoms with Crippen LogP contribution in [0.25, 0.3) is 0 Å². The molecule has 1 aliphatic rings. The van der Waals surface area contributed by atoms with Crippen molar-refractivity contribution in [3.63, 3.8) is 0 Å². The van der Waals surface area contributed by atoms with E-state index in [2.05, 4.69) is 21.3 Å². The van der Waals surface area contributed by atoms with Crippen molar-refractivity contribution in [1.82, 2.24) is 15.2 Å². The number of piperidine rings is 1. The van der Waals surface area contributed by atoms with Gasteiger partial charge in [-0.15, -0.1) is 23.1 Å². The lowest BCUT2D eigenvalue weighted by Crippen LogP contribution is -2.44. The summed E-state index contributed by atoms with van der Waals surface area (Å²) in [5.74, 6) is 1.10. The lowest BCUT2D eigenvalue weighted by Gasteiger charge is -2.32. The molecule has 0 atom stereocenters. The number of halogens is 1. The molecule has 0 spiro atoms. The molecule has 26 heavy (non-hydrogen) atoms. The lowest BCUT2D eigenvalue weighted by molar-refractivity contribution is 0.0914. The molecule has 0 saturated carbocycles. The second-order valence-electron chi connectivity index (χ2n) is 6.49. The molecule has 0 bridgehead atoms. The minimum Gasteiger partial charge on any atom is -0.348 e. The van der Waals surface area contributed by atoms with Crippen LogP contribution in [-0.4, -0.2) is 47.2 Å². The first-order valence-corrected chi connectivity index (χ1v) is 11.2. The first-order valence-electron chi connectivity index (χ1n) is 8.94. The molecule has 1 aliphatic heterocycles. The maximum absolute atomic E-state index is 12.3. The molecule has 0 unspecified atom stereocenters. The number of hydrogen-bond donors (Lipinski definition) is 1. The van der Waals surface area contributed by atoms with Crippen LogP contribution in [0.1, 0.15) is 34.6 Å². The molecule has 1 fully saturated rings. The highest BCUT2D eigenvalue weighted by Crippen LogP contribution is 2.27. The summed E-state index contributed by atoms with van der Waals surface area (Å²) in [7, 11) is 0. The Kier molecular flexibility index (Phi) is 7.37. The van der Waals surface area contributed by atoms with Gasteiger partial charge in [-0.3, -0.25) is 4.79 Å². The molecule has 4 nitrogen and oxygen atoms in total. The van der Waals surface area contributed by atoms with Gasteiger partial charge in [-0.25, -0.2) is 4.98 Å². The van der Waals surface area contributed by atoms with Gasteiger partial charge in [-0.1, -0.05) is 23.7 Å². The number of carbonyl (C=O) groups excluding carboxylic acids is 1. The largest absolute Gasteiger partial charge is 0.348 e. The summed E-state index contributed by atoms with van der Waals surface area (Å²) in [5.41, 5.74) is 2.55. The third-order valence-corrected chi connectivity index (χ3v) is 7.12. The van der Waals surface area contributed by atoms with Crippen LogP contribution >= 0.6 is 34.7 Å². The fourth-order valence-corrected chi connectivity index (χ4v) is 4.98. The zero-order chi connectivity index (χ0) is 18.4. The van der Waals surface area contributed by atoms with Gasteiger partial charge in [-0.2, -0.15) is 0 Å². The Balaban J connectivity index is 1.33. The van der Waals surface area contributed by atoms with Crippen LogP contribution in [0, 0.1) is 6.92 Å². The Morgan fingerprint density at radius 1 is 1.38 bits per heavy atom. The number of nitrogens with zero attached hydrogens (tertiary/aromatic N) is 2. The van der Waals surface area contributed by atoms with Crippen LogP contribution in [0.15, 0.2) is 34.7 Å². The Morgan fingerprint density at radius 2 is 2.15 bits per heavy atom. The zero-order valence-electron chi connectivity index (χ0n) is 14.9. The van der Waals surface area contributed by atoms with Crippen molar-refractivity contribution in [2.75, 3.05) is 25.4 Å². The number of aromatic nitrogens is 1. The number of rotatable bonds is 7. The maximum atomic E-state index is 12.3. The summed E-state index contributed by atoms with van der Waals surface area (Å²) in [4.78, 5) is 20.8. The van der Waals surface area contributed by atoms with E-state index in [4.69, 9.17) is 11.6 Å².